The molecule has 3 aromatic heterocycles. The van der Waals surface area contributed by atoms with E-state index in [4.69, 9.17) is 15.0 Å². The predicted octanol–water partition coefficient (Wildman–Crippen LogP) is 3.48. The average molecular weight is 766 g/mol. The minimum absolute atomic E-state index is 0.0238. The molecule has 0 saturated carbocycles. The Kier molecular flexibility index (Phi) is 16.0. The van der Waals surface area contributed by atoms with Gasteiger partial charge in [-0.25, -0.2) is 27.1 Å². The normalized spacial score (nSPS) is 15.4. The molecule has 3 N–H and O–H groups in total. The third kappa shape index (κ3) is 11.4. The number of amides is 2. The second-order valence-electron chi connectivity index (χ2n) is 12.3. The van der Waals surface area contributed by atoms with Crippen LogP contribution in [0, 0.1) is 11.7 Å². The van der Waals surface area contributed by atoms with Crippen molar-refractivity contribution in [2.45, 2.75) is 29.5 Å². The number of aromatic nitrogens is 5. The molecule has 0 radical (unpaired) electrons. The number of piperazine rings is 1. The highest BCUT2D eigenvalue weighted by Gasteiger charge is 2.27. The zero-order valence-corrected chi connectivity index (χ0v) is 30.0. The molecule has 6 rings (SSSR count). The number of benzene rings is 1. The summed E-state index contributed by atoms with van der Waals surface area (Å²) in [5, 5.41) is 24.4. The molecule has 19 heteroatoms. The van der Waals surface area contributed by atoms with E-state index in [2.05, 4.69) is 37.3 Å². The fourth-order valence-electron chi connectivity index (χ4n) is 6.02. The van der Waals surface area contributed by atoms with Crippen LogP contribution in [-0.2, 0) is 16.1 Å². The molecule has 2 saturated heterocycles. The smallest absolute Gasteiger partial charge is 0.290 e. The molecule has 2 aliphatic rings. The van der Waals surface area contributed by atoms with Gasteiger partial charge in [-0.3, -0.25) is 19.1 Å². The number of anilines is 1. The largest absolute Gasteiger partial charge is 0.483 e. The highest BCUT2D eigenvalue weighted by atomic mass is 32.2. The number of fused-ring (bicyclic) bond motifs is 1. The Morgan fingerprint density at radius 3 is 2.43 bits per heavy atom. The van der Waals surface area contributed by atoms with E-state index in [1.54, 1.807) is 18.5 Å². The Labute approximate surface area is 307 Å². The van der Waals surface area contributed by atoms with Crippen molar-refractivity contribution >= 4 is 41.4 Å². The van der Waals surface area contributed by atoms with Crippen LogP contribution < -0.4 is 5.32 Å². The Morgan fingerprint density at radius 2 is 1.77 bits per heavy atom. The first-order valence-electron chi connectivity index (χ1n) is 16.8. The zero-order valence-electron chi connectivity index (χ0n) is 29.2. The summed E-state index contributed by atoms with van der Waals surface area (Å²) in [5.41, 5.74) is 0.795. The van der Waals surface area contributed by atoms with E-state index in [-0.39, 0.29) is 41.4 Å². The summed E-state index contributed by atoms with van der Waals surface area (Å²) in [6.07, 6.45) is 7.92. The number of aliphatic hydroxyl groups is 1. The van der Waals surface area contributed by atoms with E-state index in [0.717, 1.165) is 57.3 Å². The van der Waals surface area contributed by atoms with Gasteiger partial charge < -0.3 is 30.2 Å². The minimum Gasteiger partial charge on any atom is -0.483 e. The zero-order chi connectivity index (χ0) is 38.3. The van der Waals surface area contributed by atoms with Gasteiger partial charge in [-0.2, -0.15) is 10.2 Å². The molecule has 0 unspecified atom stereocenters. The fraction of sp³-hybridized carbons (Fsp3) is 0.471. The third-order valence-electron chi connectivity index (χ3n) is 8.75. The highest BCUT2D eigenvalue weighted by Crippen LogP contribution is 2.34. The topological polar surface area (TPSA) is 161 Å². The molecule has 53 heavy (non-hydrogen) atoms. The number of likely N-dealkylation sites (N-methyl/N-ethyl adjacent to an activating group) is 1. The number of thioether (sulfide) groups is 1. The van der Waals surface area contributed by atoms with E-state index >= 15 is 4.39 Å². The fourth-order valence-corrected chi connectivity index (χ4v) is 6.87. The van der Waals surface area contributed by atoms with Gasteiger partial charge in [-0.15, -0.1) is 11.8 Å². The number of hydrogen-bond donors (Lipinski definition) is 3. The number of carbonyl (C=O) groups is 3. The average Bonchev–Trinajstić information content (AvgIpc) is 3.77. The number of likely N-dealkylation sites (tertiary alicyclic amines) is 1. The maximum absolute atomic E-state index is 15.3. The van der Waals surface area contributed by atoms with E-state index in [1.807, 2.05) is 4.90 Å². The molecular formula is C34H43F4N9O5S. The summed E-state index contributed by atoms with van der Waals surface area (Å²) in [6, 6.07) is 5.77. The van der Waals surface area contributed by atoms with E-state index in [1.165, 1.54) is 39.8 Å². The lowest BCUT2D eigenvalue weighted by atomic mass is 9.96. The van der Waals surface area contributed by atoms with Crippen molar-refractivity contribution in [1.29, 1.82) is 0 Å². The highest BCUT2D eigenvalue weighted by molar-refractivity contribution is 8.00. The van der Waals surface area contributed by atoms with E-state index < -0.39 is 37.2 Å². The van der Waals surface area contributed by atoms with Crippen molar-refractivity contribution in [3.63, 3.8) is 0 Å². The summed E-state index contributed by atoms with van der Waals surface area (Å²) >= 11 is 0.949. The first-order valence-corrected chi connectivity index (χ1v) is 17.7. The second-order valence-corrected chi connectivity index (χ2v) is 13.7. The van der Waals surface area contributed by atoms with Crippen LogP contribution >= 0.6 is 11.8 Å². The van der Waals surface area contributed by atoms with Crippen LogP contribution in [0.5, 0.6) is 0 Å². The van der Waals surface area contributed by atoms with Crippen LogP contribution in [0.15, 0.2) is 53.9 Å². The molecule has 5 heterocycles. The standard InChI is InChI=1S/C32H38F3N9O2S.CH3FO.CH2O2/c1-40-11-13-41(14-12-40)19-22-5-9-42(10-6-22)29(45)21-43-20-28(38-32(46)26-18-37-44-8-2-7-36-31(26)44)30(39-43)25-15-23(3-4-27(25)35)47-24(16-33)17-34;2*2-1-3/h2-4,7-8,15,18,20,22,24H,5-6,9-14,16-17,19,21H2,1H3,(H,38,46);3H,1H2;1H,(H,2,3). The van der Waals surface area contributed by atoms with Crippen LogP contribution in [-0.4, -0.2) is 146 Å². The summed E-state index contributed by atoms with van der Waals surface area (Å²) in [5.74, 6) is -0.773. The molecular weight excluding hydrogens is 722 g/mol. The first kappa shape index (κ1) is 41.2. The molecule has 1 aromatic carbocycles. The van der Waals surface area contributed by atoms with E-state index in [0.29, 0.717) is 29.6 Å². The molecule has 2 fully saturated rings. The van der Waals surface area contributed by atoms with Crippen molar-refractivity contribution in [2.75, 3.05) is 78.4 Å². The molecule has 4 aromatic rings. The van der Waals surface area contributed by atoms with Crippen molar-refractivity contribution in [2.24, 2.45) is 5.92 Å². The Morgan fingerprint density at radius 1 is 1.09 bits per heavy atom. The van der Waals surface area contributed by atoms with E-state index in [9.17, 15) is 22.8 Å². The summed E-state index contributed by atoms with van der Waals surface area (Å²) in [4.78, 5) is 46.5. The molecule has 0 bridgehead atoms. The number of halogens is 4. The van der Waals surface area contributed by atoms with Gasteiger partial charge in [0.1, 0.15) is 37.0 Å². The molecule has 288 valence electrons. The van der Waals surface area contributed by atoms with Gasteiger partial charge in [0.2, 0.25) is 5.91 Å². The number of rotatable bonds is 11. The first-order chi connectivity index (χ1) is 25.6. The minimum atomic E-state index is -1.25. The number of nitrogens with zero attached hydrogens (tertiary/aromatic N) is 8. The summed E-state index contributed by atoms with van der Waals surface area (Å²) < 4.78 is 54.6. The lowest BCUT2D eigenvalue weighted by Gasteiger charge is -2.38. The predicted molar refractivity (Wildman–Crippen MR) is 190 cm³/mol. The number of carboxylic acid groups (broad SMARTS) is 1. The number of piperidine rings is 1. The van der Waals surface area contributed by atoms with Gasteiger partial charge in [-0.05, 0) is 50.1 Å². The molecule has 2 amide bonds. The van der Waals surface area contributed by atoms with Gasteiger partial charge in [0.25, 0.3) is 12.4 Å². The van der Waals surface area contributed by atoms with Gasteiger partial charge in [0.15, 0.2) is 12.5 Å². The Hall–Kier alpha value is -4.59. The van der Waals surface area contributed by atoms with Crippen molar-refractivity contribution < 1.29 is 42.2 Å². The maximum Gasteiger partial charge on any atom is 0.290 e. The van der Waals surface area contributed by atoms with Crippen LogP contribution in [0.2, 0.25) is 0 Å². The Bertz CT molecular complexity index is 1780. The molecule has 0 aliphatic carbocycles. The summed E-state index contributed by atoms with van der Waals surface area (Å²) in [7, 11) is 2.14. The molecule has 0 spiro atoms. The SMILES string of the molecule is CN1CCN(CC2CCN(C(=O)Cn3cc(NC(=O)c4cnn5cccnc45)c(-c4cc(SC(CF)CF)ccc4F)n3)CC2)CC1.O=CO.OCF. The van der Waals surface area contributed by atoms with Gasteiger partial charge in [0.05, 0.1) is 17.1 Å². The molecule has 2 aliphatic heterocycles. The summed E-state index contributed by atoms with van der Waals surface area (Å²) in [6.45, 7) is 3.26. The maximum atomic E-state index is 15.3. The Balaban J connectivity index is 0.000000980. The lowest BCUT2D eigenvalue weighted by Crippen LogP contribution is -2.48. The van der Waals surface area contributed by atoms with Gasteiger partial charge in [0, 0.05) is 74.9 Å². The molecule has 14 nitrogen and oxygen atoms in total. The number of nitrogens with one attached hydrogen (secondary N) is 1. The van der Waals surface area contributed by atoms with Crippen molar-refractivity contribution in [1.82, 2.24) is 39.1 Å². The number of carbonyl (C=O) groups excluding carboxylic acids is 2. The molecule has 0 atom stereocenters. The van der Waals surface area contributed by atoms with Gasteiger partial charge >= 0.3 is 0 Å². The van der Waals surface area contributed by atoms with Crippen molar-refractivity contribution in [3.05, 3.63) is 60.4 Å². The number of alkyl halides is 3. The van der Waals surface area contributed by atoms with Crippen LogP contribution in [0.1, 0.15) is 23.2 Å². The van der Waals surface area contributed by atoms with Crippen LogP contribution in [0.3, 0.4) is 0 Å². The van der Waals surface area contributed by atoms with Crippen LogP contribution in [0.25, 0.3) is 16.9 Å². The number of hydrogen-bond acceptors (Lipinski definition) is 10. The number of aliphatic hydroxyl groups excluding tert-OH is 1. The van der Waals surface area contributed by atoms with Gasteiger partial charge in [-0.1, -0.05) is 0 Å². The van der Waals surface area contributed by atoms with Crippen LogP contribution in [0.4, 0.5) is 23.2 Å². The quantitative estimate of drug-likeness (QED) is 0.117. The third-order valence-corrected chi connectivity index (χ3v) is 9.86. The lowest BCUT2D eigenvalue weighted by molar-refractivity contribution is -0.133. The van der Waals surface area contributed by atoms with Crippen molar-refractivity contribution in [3.8, 4) is 11.3 Å². The second kappa shape index (κ2) is 20.6. The monoisotopic (exact) mass is 765 g/mol.